The molecule has 1 aliphatic rings. The number of amides is 2. The number of rotatable bonds is 4. The molecule has 6 nitrogen and oxygen atoms in total. The minimum atomic E-state index is -0.583. The Morgan fingerprint density at radius 1 is 1.22 bits per heavy atom. The molecule has 1 unspecified atom stereocenters. The van der Waals surface area contributed by atoms with E-state index in [1.807, 2.05) is 17.8 Å². The molecule has 1 heterocycles. The van der Waals surface area contributed by atoms with E-state index in [0.29, 0.717) is 6.54 Å². The van der Waals surface area contributed by atoms with Crippen LogP contribution in [0, 0.1) is 12.3 Å². The second-order valence-electron chi connectivity index (χ2n) is 8.12. The molecule has 2 N–H and O–H groups in total. The van der Waals surface area contributed by atoms with E-state index in [4.69, 9.17) is 0 Å². The maximum atomic E-state index is 12.3. The van der Waals surface area contributed by atoms with Gasteiger partial charge >= 0.3 is 11.8 Å². The second-order valence-corrected chi connectivity index (χ2v) is 8.12. The number of benzene rings is 1. The van der Waals surface area contributed by atoms with E-state index in [1.54, 1.807) is 0 Å². The lowest BCUT2D eigenvalue weighted by Crippen LogP contribution is -2.44. The van der Waals surface area contributed by atoms with Gasteiger partial charge in [-0.2, -0.15) is 5.10 Å². The Kier molecular flexibility index (Phi) is 5.35. The van der Waals surface area contributed by atoms with Gasteiger partial charge in [-0.3, -0.25) is 9.59 Å². The van der Waals surface area contributed by atoms with Crippen LogP contribution in [0.25, 0.3) is 5.69 Å². The summed E-state index contributed by atoms with van der Waals surface area (Å²) < 4.78 is 1.95. The second kappa shape index (κ2) is 7.55. The van der Waals surface area contributed by atoms with E-state index in [2.05, 4.69) is 60.8 Å². The van der Waals surface area contributed by atoms with E-state index < -0.39 is 11.8 Å². The molecule has 0 bridgehead atoms. The Morgan fingerprint density at radius 2 is 1.93 bits per heavy atom. The van der Waals surface area contributed by atoms with Crippen LogP contribution in [-0.4, -0.2) is 28.1 Å². The molecule has 0 saturated heterocycles. The fourth-order valence-electron chi connectivity index (χ4n) is 3.62. The SMILES string of the molecule is CCCNC(=O)C(=O)NC1CC(C)(C)Cc2c1cnn2-c1ccc(C)cc1. The van der Waals surface area contributed by atoms with Gasteiger partial charge in [0.2, 0.25) is 0 Å². The molecule has 0 saturated carbocycles. The lowest BCUT2D eigenvalue weighted by Gasteiger charge is -2.35. The van der Waals surface area contributed by atoms with Gasteiger partial charge in [0.25, 0.3) is 0 Å². The molecule has 27 heavy (non-hydrogen) atoms. The largest absolute Gasteiger partial charge is 0.348 e. The number of aromatic nitrogens is 2. The first-order valence-corrected chi connectivity index (χ1v) is 9.53. The first kappa shape index (κ1) is 19.1. The van der Waals surface area contributed by atoms with Gasteiger partial charge in [-0.1, -0.05) is 38.5 Å². The number of carbonyl (C=O) groups excluding carboxylic acids is 2. The van der Waals surface area contributed by atoms with Gasteiger partial charge in [-0.25, -0.2) is 4.68 Å². The first-order valence-electron chi connectivity index (χ1n) is 9.53. The molecule has 1 atom stereocenters. The predicted molar refractivity (Wildman–Crippen MR) is 105 cm³/mol. The van der Waals surface area contributed by atoms with Gasteiger partial charge in [0.05, 0.1) is 23.6 Å². The van der Waals surface area contributed by atoms with Gasteiger partial charge in [0.15, 0.2) is 0 Å². The van der Waals surface area contributed by atoms with Crippen molar-refractivity contribution in [1.29, 1.82) is 0 Å². The highest BCUT2D eigenvalue weighted by molar-refractivity contribution is 6.35. The van der Waals surface area contributed by atoms with Gasteiger partial charge in [-0.15, -0.1) is 0 Å². The summed E-state index contributed by atoms with van der Waals surface area (Å²) in [6.07, 6.45) is 4.25. The Labute approximate surface area is 160 Å². The van der Waals surface area contributed by atoms with Crippen molar-refractivity contribution in [1.82, 2.24) is 20.4 Å². The summed E-state index contributed by atoms with van der Waals surface area (Å²) in [6.45, 7) is 8.87. The number of hydrogen-bond acceptors (Lipinski definition) is 3. The highest BCUT2D eigenvalue weighted by Crippen LogP contribution is 2.41. The predicted octanol–water partition coefficient (Wildman–Crippen LogP) is 2.84. The van der Waals surface area contributed by atoms with Crippen LogP contribution in [0.3, 0.4) is 0 Å². The lowest BCUT2D eigenvalue weighted by atomic mass is 9.74. The fourth-order valence-corrected chi connectivity index (χ4v) is 3.62. The Morgan fingerprint density at radius 3 is 2.59 bits per heavy atom. The highest BCUT2D eigenvalue weighted by Gasteiger charge is 2.36. The van der Waals surface area contributed by atoms with Gasteiger partial charge in [0.1, 0.15) is 0 Å². The summed E-state index contributed by atoms with van der Waals surface area (Å²) in [5.74, 6) is -1.16. The van der Waals surface area contributed by atoms with Crippen LogP contribution in [0.5, 0.6) is 0 Å². The summed E-state index contributed by atoms with van der Waals surface area (Å²) in [7, 11) is 0. The number of fused-ring (bicyclic) bond motifs is 1. The van der Waals surface area contributed by atoms with Crippen LogP contribution in [0.1, 0.15) is 56.5 Å². The Bertz CT molecular complexity index is 836. The molecular weight excluding hydrogens is 340 g/mol. The smallest absolute Gasteiger partial charge is 0.309 e. The van der Waals surface area contributed by atoms with Crippen molar-refractivity contribution in [3.63, 3.8) is 0 Å². The van der Waals surface area contributed by atoms with Gasteiger partial charge in [-0.05, 0) is 43.7 Å². The van der Waals surface area contributed by atoms with Crippen molar-refractivity contribution in [3.05, 3.63) is 47.3 Å². The molecule has 0 spiro atoms. The summed E-state index contributed by atoms with van der Waals surface area (Å²) in [5.41, 5.74) is 4.28. The minimum Gasteiger partial charge on any atom is -0.348 e. The number of nitrogens with zero attached hydrogens (tertiary/aromatic N) is 2. The monoisotopic (exact) mass is 368 g/mol. The van der Waals surface area contributed by atoms with Crippen molar-refractivity contribution < 1.29 is 9.59 Å². The molecule has 1 aromatic carbocycles. The van der Waals surface area contributed by atoms with Crippen LogP contribution in [0.2, 0.25) is 0 Å². The lowest BCUT2D eigenvalue weighted by molar-refractivity contribution is -0.139. The molecule has 1 aromatic heterocycles. The molecule has 2 aromatic rings. The molecule has 1 aliphatic carbocycles. The summed E-state index contributed by atoms with van der Waals surface area (Å²) >= 11 is 0. The van der Waals surface area contributed by atoms with Crippen LogP contribution in [-0.2, 0) is 16.0 Å². The summed E-state index contributed by atoms with van der Waals surface area (Å²) in [4.78, 5) is 24.3. The third-order valence-electron chi connectivity index (χ3n) is 5.00. The van der Waals surface area contributed by atoms with Crippen molar-refractivity contribution >= 4 is 11.8 Å². The quantitative estimate of drug-likeness (QED) is 0.815. The number of aryl methyl sites for hydroxylation is 1. The van der Waals surface area contributed by atoms with Gasteiger partial charge < -0.3 is 10.6 Å². The van der Waals surface area contributed by atoms with Crippen LogP contribution in [0.15, 0.2) is 30.5 Å². The fraction of sp³-hybridized carbons (Fsp3) is 0.476. The number of hydrogen-bond donors (Lipinski definition) is 2. The van der Waals surface area contributed by atoms with Gasteiger partial charge in [0, 0.05) is 12.1 Å². The molecule has 0 fully saturated rings. The van der Waals surface area contributed by atoms with E-state index in [9.17, 15) is 9.59 Å². The average molecular weight is 368 g/mol. The summed E-state index contributed by atoms with van der Waals surface area (Å²) in [6, 6.07) is 8.01. The van der Waals surface area contributed by atoms with Crippen molar-refractivity contribution in [2.45, 2.75) is 53.0 Å². The molecule has 6 heteroatoms. The zero-order valence-corrected chi connectivity index (χ0v) is 16.5. The molecule has 0 aliphatic heterocycles. The molecule has 144 valence electrons. The van der Waals surface area contributed by atoms with Crippen molar-refractivity contribution in [2.24, 2.45) is 5.41 Å². The van der Waals surface area contributed by atoms with Crippen LogP contribution >= 0.6 is 0 Å². The Hall–Kier alpha value is -2.63. The maximum absolute atomic E-state index is 12.3. The average Bonchev–Trinajstić information content (AvgIpc) is 3.02. The highest BCUT2D eigenvalue weighted by atomic mass is 16.2. The normalized spacial score (nSPS) is 17.9. The van der Waals surface area contributed by atoms with E-state index in [0.717, 1.165) is 36.2 Å². The molecule has 3 rings (SSSR count). The van der Waals surface area contributed by atoms with Crippen LogP contribution < -0.4 is 10.6 Å². The topological polar surface area (TPSA) is 76.0 Å². The van der Waals surface area contributed by atoms with Crippen LogP contribution in [0.4, 0.5) is 0 Å². The summed E-state index contributed by atoms with van der Waals surface area (Å²) in [5, 5.41) is 10.1. The van der Waals surface area contributed by atoms with E-state index in [-0.39, 0.29) is 11.5 Å². The zero-order chi connectivity index (χ0) is 19.6. The third-order valence-corrected chi connectivity index (χ3v) is 5.00. The van der Waals surface area contributed by atoms with Crippen molar-refractivity contribution in [3.8, 4) is 5.69 Å². The Balaban J connectivity index is 1.88. The molecule has 2 amide bonds. The number of nitrogens with one attached hydrogen (secondary N) is 2. The standard InChI is InChI=1S/C21H28N4O2/c1-5-10-22-19(26)20(27)24-17-11-21(3,4)12-18-16(17)13-23-25(18)15-8-6-14(2)7-9-15/h6-9,13,17H,5,10-12H2,1-4H3,(H,22,26)(H,24,27). The molecule has 0 radical (unpaired) electrons. The van der Waals surface area contributed by atoms with E-state index >= 15 is 0 Å². The molecular formula is C21H28N4O2. The van der Waals surface area contributed by atoms with Crippen molar-refractivity contribution in [2.75, 3.05) is 6.54 Å². The minimum absolute atomic E-state index is 0.00663. The maximum Gasteiger partial charge on any atom is 0.309 e. The first-order chi connectivity index (χ1) is 12.8. The third kappa shape index (κ3) is 4.21. The zero-order valence-electron chi connectivity index (χ0n) is 16.5. The van der Waals surface area contributed by atoms with E-state index in [1.165, 1.54) is 5.56 Å². The number of carbonyl (C=O) groups is 2.